The minimum Gasteiger partial charge on any atom is -0.444 e. The molecule has 1 atom stereocenters. The lowest BCUT2D eigenvalue weighted by molar-refractivity contribution is 0.0529. The first-order valence-electron chi connectivity index (χ1n) is 9.03. The van der Waals surface area contributed by atoms with Crippen LogP contribution in [0.2, 0.25) is 0 Å². The summed E-state index contributed by atoms with van der Waals surface area (Å²) in [5.74, 6) is 1.48. The Morgan fingerprint density at radius 3 is 2.44 bits per heavy atom. The van der Waals surface area contributed by atoms with Gasteiger partial charge in [-0.3, -0.25) is 4.99 Å². The van der Waals surface area contributed by atoms with Crippen molar-refractivity contribution in [3.05, 3.63) is 0 Å². The molecule has 1 aliphatic heterocycles. The van der Waals surface area contributed by atoms with Crippen LogP contribution in [0.4, 0.5) is 4.79 Å². The van der Waals surface area contributed by atoms with Gasteiger partial charge in [0.05, 0.1) is 0 Å². The van der Waals surface area contributed by atoms with E-state index in [0.29, 0.717) is 19.0 Å². The maximum atomic E-state index is 11.6. The molecule has 1 aliphatic carbocycles. The zero-order valence-corrected chi connectivity index (χ0v) is 18.3. The van der Waals surface area contributed by atoms with Crippen LogP contribution < -0.4 is 16.0 Å². The number of guanidine groups is 1. The molecule has 0 radical (unpaired) electrons. The van der Waals surface area contributed by atoms with Gasteiger partial charge in [0.15, 0.2) is 5.96 Å². The van der Waals surface area contributed by atoms with Crippen molar-refractivity contribution in [2.75, 3.05) is 39.8 Å². The van der Waals surface area contributed by atoms with Crippen LogP contribution in [0, 0.1) is 5.92 Å². The molecule has 0 bridgehead atoms. The SMILES string of the molecule is CN=C(NCCNC(=O)OC(C)(C)C)NCC1CCN(C2CC2)C1.I. The maximum Gasteiger partial charge on any atom is 0.407 e. The highest BCUT2D eigenvalue weighted by molar-refractivity contribution is 14.0. The van der Waals surface area contributed by atoms with E-state index in [0.717, 1.165) is 18.5 Å². The van der Waals surface area contributed by atoms with Gasteiger partial charge in [-0.15, -0.1) is 24.0 Å². The average Bonchev–Trinajstić information content (AvgIpc) is 3.24. The number of halogens is 1. The molecule has 3 N–H and O–H groups in total. The largest absolute Gasteiger partial charge is 0.444 e. The number of ether oxygens (including phenoxy) is 1. The number of likely N-dealkylation sites (tertiary alicyclic amines) is 1. The van der Waals surface area contributed by atoms with Gasteiger partial charge in [-0.2, -0.15) is 0 Å². The number of amides is 1. The van der Waals surface area contributed by atoms with Gasteiger partial charge in [0.2, 0.25) is 0 Å². The third-order valence-electron chi connectivity index (χ3n) is 4.25. The van der Waals surface area contributed by atoms with Crippen LogP contribution in [0.25, 0.3) is 0 Å². The minimum absolute atomic E-state index is 0. The van der Waals surface area contributed by atoms with E-state index in [2.05, 4.69) is 25.8 Å². The number of carbonyl (C=O) groups excluding carboxylic acids is 1. The topological polar surface area (TPSA) is 78.0 Å². The Hall–Kier alpha value is -0.770. The van der Waals surface area contributed by atoms with E-state index in [4.69, 9.17) is 4.74 Å². The average molecular weight is 467 g/mol. The van der Waals surface area contributed by atoms with Crippen LogP contribution in [0.15, 0.2) is 4.99 Å². The Bertz CT molecular complexity index is 449. The molecule has 146 valence electrons. The molecular formula is C17H34IN5O2. The van der Waals surface area contributed by atoms with Crippen molar-refractivity contribution >= 4 is 36.0 Å². The van der Waals surface area contributed by atoms with Crippen molar-refractivity contribution in [1.29, 1.82) is 0 Å². The van der Waals surface area contributed by atoms with E-state index >= 15 is 0 Å². The van der Waals surface area contributed by atoms with Crippen LogP contribution in [0.1, 0.15) is 40.0 Å². The van der Waals surface area contributed by atoms with Crippen LogP contribution in [-0.2, 0) is 4.74 Å². The van der Waals surface area contributed by atoms with Gasteiger partial charge < -0.3 is 25.6 Å². The highest BCUT2D eigenvalue weighted by atomic mass is 127. The van der Waals surface area contributed by atoms with Crippen LogP contribution in [0.3, 0.4) is 0 Å². The molecule has 0 aromatic heterocycles. The van der Waals surface area contributed by atoms with Crippen LogP contribution in [0.5, 0.6) is 0 Å². The van der Waals surface area contributed by atoms with Gasteiger partial charge in [0, 0.05) is 39.3 Å². The molecule has 25 heavy (non-hydrogen) atoms. The van der Waals surface area contributed by atoms with Gasteiger partial charge in [-0.25, -0.2) is 4.79 Å². The van der Waals surface area contributed by atoms with Gasteiger partial charge in [-0.1, -0.05) is 0 Å². The zero-order chi connectivity index (χ0) is 17.6. The third-order valence-corrected chi connectivity index (χ3v) is 4.25. The molecule has 1 unspecified atom stereocenters. The first kappa shape index (κ1) is 22.3. The Kier molecular flexibility index (Phi) is 9.26. The van der Waals surface area contributed by atoms with Crippen molar-refractivity contribution < 1.29 is 9.53 Å². The van der Waals surface area contributed by atoms with Gasteiger partial charge in [-0.05, 0) is 52.5 Å². The Labute approximate surface area is 168 Å². The van der Waals surface area contributed by atoms with Crippen molar-refractivity contribution in [3.63, 3.8) is 0 Å². The lowest BCUT2D eigenvalue weighted by atomic mass is 10.1. The Balaban J connectivity index is 0.00000312. The molecule has 0 spiro atoms. The summed E-state index contributed by atoms with van der Waals surface area (Å²) in [5.41, 5.74) is -0.468. The highest BCUT2D eigenvalue weighted by Crippen LogP contribution is 2.31. The molecule has 2 fully saturated rings. The van der Waals surface area contributed by atoms with E-state index in [1.165, 1.54) is 32.4 Å². The summed E-state index contributed by atoms with van der Waals surface area (Å²) in [6, 6.07) is 0.867. The van der Waals surface area contributed by atoms with Gasteiger partial charge in [0.1, 0.15) is 5.60 Å². The smallest absolute Gasteiger partial charge is 0.407 e. The van der Waals surface area contributed by atoms with Crippen molar-refractivity contribution in [1.82, 2.24) is 20.9 Å². The second-order valence-electron chi connectivity index (χ2n) is 7.69. The number of nitrogens with one attached hydrogen (secondary N) is 3. The summed E-state index contributed by atoms with van der Waals surface area (Å²) in [6.45, 7) is 10.0. The summed E-state index contributed by atoms with van der Waals surface area (Å²) in [5, 5.41) is 9.33. The number of carbonyl (C=O) groups is 1. The van der Waals surface area contributed by atoms with E-state index in [-0.39, 0.29) is 24.0 Å². The lowest BCUT2D eigenvalue weighted by Crippen LogP contribution is -2.44. The predicted molar refractivity (Wildman–Crippen MR) is 112 cm³/mol. The Morgan fingerprint density at radius 2 is 1.84 bits per heavy atom. The summed E-state index contributed by atoms with van der Waals surface area (Å²) in [6.07, 6.45) is 3.64. The second-order valence-corrected chi connectivity index (χ2v) is 7.69. The summed E-state index contributed by atoms with van der Waals surface area (Å²) in [7, 11) is 1.77. The van der Waals surface area contributed by atoms with E-state index in [1.807, 2.05) is 20.8 Å². The molecule has 2 rings (SSSR count). The summed E-state index contributed by atoms with van der Waals surface area (Å²) < 4.78 is 5.19. The lowest BCUT2D eigenvalue weighted by Gasteiger charge is -2.20. The zero-order valence-electron chi connectivity index (χ0n) is 15.9. The molecule has 1 heterocycles. The molecule has 0 aromatic carbocycles. The number of nitrogens with zero attached hydrogens (tertiary/aromatic N) is 2. The second kappa shape index (κ2) is 10.4. The normalized spacial score (nSPS) is 21.4. The molecule has 8 heteroatoms. The highest BCUT2D eigenvalue weighted by Gasteiger charge is 2.34. The molecule has 7 nitrogen and oxygen atoms in total. The molecule has 1 amide bonds. The van der Waals surface area contributed by atoms with Crippen molar-refractivity contribution in [2.24, 2.45) is 10.9 Å². The van der Waals surface area contributed by atoms with E-state index < -0.39 is 11.7 Å². The maximum absolute atomic E-state index is 11.6. The molecular weight excluding hydrogens is 433 g/mol. The van der Waals surface area contributed by atoms with Gasteiger partial charge in [0.25, 0.3) is 0 Å². The predicted octanol–water partition coefficient (Wildman–Crippen LogP) is 1.78. The fraction of sp³-hybridized carbons (Fsp3) is 0.882. The number of hydrogen-bond acceptors (Lipinski definition) is 4. The molecule has 0 aromatic rings. The fourth-order valence-corrected chi connectivity index (χ4v) is 2.92. The van der Waals surface area contributed by atoms with E-state index in [9.17, 15) is 4.79 Å². The fourth-order valence-electron chi connectivity index (χ4n) is 2.92. The first-order chi connectivity index (χ1) is 11.4. The Morgan fingerprint density at radius 1 is 1.16 bits per heavy atom. The van der Waals surface area contributed by atoms with Crippen molar-refractivity contribution in [2.45, 2.75) is 51.7 Å². The summed E-state index contributed by atoms with van der Waals surface area (Å²) >= 11 is 0. The minimum atomic E-state index is -0.468. The molecule has 1 saturated carbocycles. The number of aliphatic imine (C=N–C) groups is 1. The number of alkyl carbamates (subject to hydrolysis) is 1. The third kappa shape index (κ3) is 8.94. The number of hydrogen-bond donors (Lipinski definition) is 3. The van der Waals surface area contributed by atoms with E-state index in [1.54, 1.807) is 7.05 Å². The quantitative estimate of drug-likeness (QED) is 0.240. The van der Waals surface area contributed by atoms with Gasteiger partial charge >= 0.3 is 6.09 Å². The molecule has 2 aliphatic rings. The standard InChI is InChI=1S/C17H33N5O2.HI/c1-17(2,3)24-16(23)20-9-8-19-15(18-4)21-11-13-7-10-22(12-13)14-5-6-14;/h13-14H,5-12H2,1-4H3,(H,20,23)(H2,18,19,21);1H. The monoisotopic (exact) mass is 467 g/mol. The molecule has 1 saturated heterocycles. The summed E-state index contributed by atoms with van der Waals surface area (Å²) in [4.78, 5) is 18.4. The number of rotatable bonds is 6. The van der Waals surface area contributed by atoms with Crippen molar-refractivity contribution in [3.8, 4) is 0 Å². The van der Waals surface area contributed by atoms with Crippen LogP contribution in [-0.4, -0.2) is 68.4 Å². The first-order valence-corrected chi connectivity index (χ1v) is 9.03. The van der Waals surface area contributed by atoms with Crippen LogP contribution >= 0.6 is 24.0 Å².